The van der Waals surface area contributed by atoms with E-state index in [0.717, 1.165) is 33.8 Å². The maximum atomic E-state index is 13.4. The third-order valence-corrected chi connectivity index (χ3v) is 7.20. The van der Waals surface area contributed by atoms with Gasteiger partial charge in [0, 0.05) is 31.6 Å². The molecule has 2 amide bonds. The molecule has 5 rings (SSSR count). The van der Waals surface area contributed by atoms with Crippen molar-refractivity contribution in [1.82, 2.24) is 20.2 Å². The highest BCUT2D eigenvalue weighted by molar-refractivity contribution is 5.91. The summed E-state index contributed by atoms with van der Waals surface area (Å²) in [6, 6.07) is 14.7. The number of anilines is 1. The molecule has 0 saturated carbocycles. The number of hydrogen-bond donors (Lipinski definition) is 1. The Morgan fingerprint density at radius 1 is 1.06 bits per heavy atom. The van der Waals surface area contributed by atoms with Crippen molar-refractivity contribution >= 4 is 23.5 Å². The number of carbonyl (C=O) groups is 1. The Balaban J connectivity index is 1.31. The van der Waals surface area contributed by atoms with Crippen molar-refractivity contribution in [2.24, 2.45) is 0 Å². The molecule has 1 aliphatic carbocycles. The number of nitrogens with one attached hydrogen (secondary N) is 1. The molecular weight excluding hydrogens is 453 g/mol. The van der Waals surface area contributed by atoms with Gasteiger partial charge >= 0.3 is 6.03 Å². The van der Waals surface area contributed by atoms with Gasteiger partial charge in [0.15, 0.2) is 0 Å². The van der Waals surface area contributed by atoms with Gasteiger partial charge < -0.3 is 15.1 Å². The van der Waals surface area contributed by atoms with Crippen LogP contribution in [0.4, 0.5) is 15.0 Å². The van der Waals surface area contributed by atoms with Crippen LogP contribution in [0.5, 0.6) is 0 Å². The Morgan fingerprint density at radius 3 is 2.47 bits per heavy atom. The van der Waals surface area contributed by atoms with E-state index in [1.54, 1.807) is 18.5 Å². The van der Waals surface area contributed by atoms with E-state index in [1.165, 1.54) is 17.7 Å². The highest BCUT2D eigenvalue weighted by atomic mass is 19.1. The maximum Gasteiger partial charge on any atom is 0.318 e. The molecule has 1 aliphatic heterocycles. The van der Waals surface area contributed by atoms with Crippen LogP contribution >= 0.6 is 0 Å². The Labute approximate surface area is 211 Å². The Morgan fingerprint density at radius 2 is 1.78 bits per heavy atom. The highest BCUT2D eigenvalue weighted by Crippen LogP contribution is 2.36. The van der Waals surface area contributed by atoms with Crippen molar-refractivity contribution in [1.29, 1.82) is 0 Å². The Bertz CT molecular complexity index is 1300. The van der Waals surface area contributed by atoms with Crippen molar-refractivity contribution in [2.45, 2.75) is 45.7 Å². The van der Waals surface area contributed by atoms with E-state index in [0.29, 0.717) is 26.1 Å². The quantitative estimate of drug-likeness (QED) is 0.538. The highest BCUT2D eigenvalue weighted by Gasteiger charge is 2.38. The number of benzene rings is 2. The first-order valence-electron chi connectivity index (χ1n) is 12.4. The largest absolute Gasteiger partial charge is 0.352 e. The first kappa shape index (κ1) is 24.0. The lowest BCUT2D eigenvalue weighted by molar-refractivity contribution is 0.121. The molecule has 186 valence electrons. The average Bonchev–Trinajstić information content (AvgIpc) is 3.28. The van der Waals surface area contributed by atoms with Crippen LogP contribution in [0.2, 0.25) is 0 Å². The zero-order valence-corrected chi connectivity index (χ0v) is 21.3. The first-order valence-corrected chi connectivity index (χ1v) is 12.4. The standard InChI is InChI=1S/C29H32FN5O/c1-19-5-7-21(8-6-19)20(2)33-28(36)35-14-13-34(17-29(35,3)4)27-25-15-23(16-26(25)31-18-32-27)22-9-11-24(30)12-10-22/h5-12,15,18,20H,13-14,16-17H2,1-4H3,(H,33,36)/t20-/m0/s1. The van der Waals surface area contributed by atoms with Crippen molar-refractivity contribution in [3.05, 3.63) is 88.6 Å². The van der Waals surface area contributed by atoms with E-state index in [1.807, 2.05) is 11.8 Å². The second-order valence-electron chi connectivity index (χ2n) is 10.4. The van der Waals surface area contributed by atoms with Gasteiger partial charge in [0.25, 0.3) is 0 Å². The Hall–Kier alpha value is -3.74. The molecule has 1 atom stereocenters. The molecule has 0 unspecified atom stereocenters. The van der Waals surface area contributed by atoms with Crippen LogP contribution in [0.3, 0.4) is 0 Å². The van der Waals surface area contributed by atoms with Gasteiger partial charge in [-0.2, -0.15) is 0 Å². The van der Waals surface area contributed by atoms with Gasteiger partial charge in [-0.25, -0.2) is 19.2 Å². The summed E-state index contributed by atoms with van der Waals surface area (Å²) >= 11 is 0. The fourth-order valence-electron chi connectivity index (χ4n) is 5.13. The van der Waals surface area contributed by atoms with E-state index in [4.69, 9.17) is 0 Å². The second kappa shape index (κ2) is 9.37. The van der Waals surface area contributed by atoms with E-state index in [2.05, 4.69) is 71.3 Å². The lowest BCUT2D eigenvalue weighted by Crippen LogP contribution is -2.63. The van der Waals surface area contributed by atoms with Crippen LogP contribution in [0.1, 0.15) is 54.8 Å². The molecule has 0 spiro atoms. The van der Waals surface area contributed by atoms with Crippen LogP contribution in [-0.4, -0.2) is 46.1 Å². The number of piperazine rings is 1. The van der Waals surface area contributed by atoms with Crippen LogP contribution in [-0.2, 0) is 6.42 Å². The zero-order chi connectivity index (χ0) is 25.4. The molecule has 0 bridgehead atoms. The van der Waals surface area contributed by atoms with Gasteiger partial charge in [-0.05, 0) is 62.6 Å². The molecule has 1 fully saturated rings. The molecule has 7 heteroatoms. The molecule has 1 saturated heterocycles. The van der Waals surface area contributed by atoms with Gasteiger partial charge in [-0.3, -0.25) is 0 Å². The fraction of sp³-hybridized carbons (Fsp3) is 0.345. The minimum Gasteiger partial charge on any atom is -0.352 e. The summed E-state index contributed by atoms with van der Waals surface area (Å²) in [5, 5.41) is 3.17. The number of urea groups is 1. The summed E-state index contributed by atoms with van der Waals surface area (Å²) in [5.41, 5.74) is 5.98. The molecule has 2 aromatic carbocycles. The molecular formula is C29H32FN5O. The third-order valence-electron chi connectivity index (χ3n) is 7.20. The number of halogens is 1. The fourth-order valence-corrected chi connectivity index (χ4v) is 5.13. The summed E-state index contributed by atoms with van der Waals surface area (Å²) in [7, 11) is 0. The summed E-state index contributed by atoms with van der Waals surface area (Å²) in [5.74, 6) is 0.644. The molecule has 1 N–H and O–H groups in total. The van der Waals surface area contributed by atoms with Crippen LogP contribution in [0.25, 0.3) is 11.6 Å². The number of rotatable bonds is 4. The van der Waals surface area contributed by atoms with Gasteiger partial charge in [0.1, 0.15) is 18.0 Å². The Kier molecular flexibility index (Phi) is 6.24. The number of hydrogen-bond acceptors (Lipinski definition) is 4. The van der Waals surface area contributed by atoms with Crippen molar-refractivity contribution < 1.29 is 9.18 Å². The van der Waals surface area contributed by atoms with Crippen molar-refractivity contribution in [3.63, 3.8) is 0 Å². The van der Waals surface area contributed by atoms with Crippen LogP contribution in [0, 0.1) is 12.7 Å². The molecule has 6 nitrogen and oxygen atoms in total. The normalized spacial score (nSPS) is 17.4. The molecule has 36 heavy (non-hydrogen) atoms. The first-order chi connectivity index (χ1) is 17.2. The van der Waals surface area contributed by atoms with Crippen LogP contribution in [0.15, 0.2) is 54.9 Å². The molecule has 3 aromatic rings. The predicted molar refractivity (Wildman–Crippen MR) is 141 cm³/mol. The van der Waals surface area contributed by atoms with E-state index in [9.17, 15) is 9.18 Å². The number of fused-ring (bicyclic) bond motifs is 1. The number of carbonyl (C=O) groups excluding carboxylic acids is 1. The average molecular weight is 486 g/mol. The van der Waals surface area contributed by atoms with Crippen molar-refractivity contribution in [2.75, 3.05) is 24.5 Å². The second-order valence-corrected chi connectivity index (χ2v) is 10.4. The number of aromatic nitrogens is 2. The summed E-state index contributed by atoms with van der Waals surface area (Å²) in [6.45, 7) is 10.2. The minimum atomic E-state index is -0.394. The number of allylic oxidation sites excluding steroid dienone is 1. The molecule has 2 aliphatic rings. The van der Waals surface area contributed by atoms with E-state index in [-0.39, 0.29) is 17.9 Å². The number of nitrogens with zero attached hydrogens (tertiary/aromatic N) is 4. The lowest BCUT2D eigenvalue weighted by Gasteiger charge is -2.47. The molecule has 0 radical (unpaired) electrons. The maximum absolute atomic E-state index is 13.4. The van der Waals surface area contributed by atoms with E-state index < -0.39 is 5.54 Å². The molecule has 1 aromatic heterocycles. The monoisotopic (exact) mass is 485 g/mol. The van der Waals surface area contributed by atoms with Gasteiger partial charge in [0.05, 0.1) is 17.3 Å². The smallest absolute Gasteiger partial charge is 0.318 e. The minimum absolute atomic E-state index is 0.0564. The van der Waals surface area contributed by atoms with Gasteiger partial charge in [-0.1, -0.05) is 42.0 Å². The number of amides is 2. The van der Waals surface area contributed by atoms with Crippen LogP contribution < -0.4 is 10.2 Å². The number of aryl methyl sites for hydroxylation is 1. The SMILES string of the molecule is Cc1ccc([C@H](C)NC(=O)N2CCN(c3ncnc4c3C=C(c3ccc(F)cc3)C4)CC2(C)C)cc1. The molecule has 2 heterocycles. The predicted octanol–water partition coefficient (Wildman–Crippen LogP) is 5.39. The third kappa shape index (κ3) is 4.70. The van der Waals surface area contributed by atoms with Gasteiger partial charge in [0.2, 0.25) is 0 Å². The summed E-state index contributed by atoms with van der Waals surface area (Å²) < 4.78 is 13.4. The van der Waals surface area contributed by atoms with Crippen molar-refractivity contribution in [3.8, 4) is 0 Å². The summed E-state index contributed by atoms with van der Waals surface area (Å²) in [6.07, 6.45) is 4.43. The summed E-state index contributed by atoms with van der Waals surface area (Å²) in [4.78, 5) is 26.6. The lowest BCUT2D eigenvalue weighted by atomic mass is 9.98. The van der Waals surface area contributed by atoms with Gasteiger partial charge in [-0.15, -0.1) is 0 Å². The zero-order valence-electron chi connectivity index (χ0n) is 21.3. The van der Waals surface area contributed by atoms with E-state index >= 15 is 0 Å². The topological polar surface area (TPSA) is 61.4 Å².